The molecule has 0 spiro atoms. The standard InChI is InChI=1S/C12H22O2Si/c1-12(14-11(13)3-2-6-15)8-9-4-5-10(12)7-9/h9-10H,2-8H2,1,15H3. The van der Waals surface area contributed by atoms with Crippen molar-refractivity contribution in [1.29, 1.82) is 0 Å². The summed E-state index contributed by atoms with van der Waals surface area (Å²) in [4.78, 5) is 11.6. The molecule has 3 unspecified atom stereocenters. The number of fused-ring (bicyclic) bond motifs is 2. The van der Waals surface area contributed by atoms with E-state index < -0.39 is 0 Å². The number of hydrogen-bond acceptors (Lipinski definition) is 2. The number of esters is 1. The van der Waals surface area contributed by atoms with Crippen molar-refractivity contribution in [2.45, 2.75) is 57.1 Å². The minimum absolute atomic E-state index is 0.0425. The van der Waals surface area contributed by atoms with Crippen molar-refractivity contribution >= 4 is 16.2 Å². The van der Waals surface area contributed by atoms with Crippen molar-refractivity contribution in [2.75, 3.05) is 0 Å². The van der Waals surface area contributed by atoms with Crippen LogP contribution in [0.2, 0.25) is 6.04 Å². The Kier molecular flexibility index (Phi) is 3.19. The maximum absolute atomic E-state index is 11.6. The second kappa shape index (κ2) is 4.28. The smallest absolute Gasteiger partial charge is 0.306 e. The van der Waals surface area contributed by atoms with Crippen LogP contribution >= 0.6 is 0 Å². The summed E-state index contributed by atoms with van der Waals surface area (Å²) < 4.78 is 5.71. The van der Waals surface area contributed by atoms with Crippen LogP contribution in [0.15, 0.2) is 0 Å². The van der Waals surface area contributed by atoms with Crippen molar-refractivity contribution in [3.05, 3.63) is 0 Å². The fraction of sp³-hybridized carbons (Fsp3) is 0.917. The largest absolute Gasteiger partial charge is 0.459 e. The second-order valence-electron chi connectivity index (χ2n) is 5.47. The molecule has 3 heteroatoms. The molecule has 0 aromatic carbocycles. The molecule has 2 aliphatic carbocycles. The van der Waals surface area contributed by atoms with Gasteiger partial charge in [-0.3, -0.25) is 4.79 Å². The van der Waals surface area contributed by atoms with E-state index in [0.29, 0.717) is 12.3 Å². The molecule has 0 radical (unpaired) electrons. The molecule has 0 aromatic rings. The van der Waals surface area contributed by atoms with Gasteiger partial charge >= 0.3 is 5.97 Å². The highest BCUT2D eigenvalue weighted by Gasteiger charge is 2.50. The Morgan fingerprint density at radius 1 is 1.53 bits per heavy atom. The first-order valence-corrected chi connectivity index (χ1v) is 7.77. The fourth-order valence-electron chi connectivity index (χ4n) is 3.31. The lowest BCUT2D eigenvalue weighted by Crippen LogP contribution is -2.37. The zero-order chi connectivity index (χ0) is 10.9. The van der Waals surface area contributed by atoms with Crippen molar-refractivity contribution in [1.82, 2.24) is 0 Å². The van der Waals surface area contributed by atoms with Gasteiger partial charge < -0.3 is 4.74 Å². The summed E-state index contributed by atoms with van der Waals surface area (Å²) in [6.45, 7) is 2.15. The van der Waals surface area contributed by atoms with Gasteiger partial charge in [0.1, 0.15) is 5.60 Å². The molecule has 2 rings (SSSR count). The van der Waals surface area contributed by atoms with Crippen molar-refractivity contribution in [3.63, 3.8) is 0 Å². The van der Waals surface area contributed by atoms with E-state index in [2.05, 4.69) is 6.92 Å². The van der Waals surface area contributed by atoms with Gasteiger partial charge in [0, 0.05) is 16.7 Å². The predicted molar refractivity (Wildman–Crippen MR) is 63.9 cm³/mol. The van der Waals surface area contributed by atoms with Gasteiger partial charge in [-0.15, -0.1) is 0 Å². The van der Waals surface area contributed by atoms with E-state index in [0.717, 1.165) is 18.8 Å². The van der Waals surface area contributed by atoms with Crippen LogP contribution in [0.4, 0.5) is 0 Å². The number of carbonyl (C=O) groups excluding carboxylic acids is 1. The summed E-state index contributed by atoms with van der Waals surface area (Å²) in [6.07, 6.45) is 6.70. The molecule has 15 heavy (non-hydrogen) atoms. The third-order valence-electron chi connectivity index (χ3n) is 4.18. The van der Waals surface area contributed by atoms with Crippen LogP contribution in [0, 0.1) is 11.8 Å². The molecule has 0 saturated heterocycles. The highest BCUT2D eigenvalue weighted by molar-refractivity contribution is 6.08. The zero-order valence-electron chi connectivity index (χ0n) is 9.92. The molecule has 0 heterocycles. The van der Waals surface area contributed by atoms with E-state index in [1.165, 1.54) is 35.5 Å². The maximum Gasteiger partial charge on any atom is 0.306 e. The highest BCUT2D eigenvalue weighted by atomic mass is 28.1. The highest BCUT2D eigenvalue weighted by Crippen LogP contribution is 2.52. The second-order valence-corrected chi connectivity index (χ2v) is 6.47. The van der Waals surface area contributed by atoms with Crippen LogP contribution in [0.5, 0.6) is 0 Å². The summed E-state index contributed by atoms with van der Waals surface area (Å²) in [6, 6.07) is 1.21. The van der Waals surface area contributed by atoms with Gasteiger partial charge in [0.15, 0.2) is 0 Å². The van der Waals surface area contributed by atoms with Gasteiger partial charge in [0.2, 0.25) is 0 Å². The average Bonchev–Trinajstić information content (AvgIpc) is 2.73. The number of ether oxygens (including phenoxy) is 1. The summed E-state index contributed by atoms with van der Waals surface area (Å²) in [7, 11) is 1.20. The summed E-state index contributed by atoms with van der Waals surface area (Å²) in [5, 5.41) is 0. The van der Waals surface area contributed by atoms with Crippen LogP contribution in [-0.4, -0.2) is 21.8 Å². The monoisotopic (exact) mass is 226 g/mol. The Morgan fingerprint density at radius 3 is 2.87 bits per heavy atom. The number of hydrogen-bond donors (Lipinski definition) is 0. The Morgan fingerprint density at radius 2 is 2.33 bits per heavy atom. The van der Waals surface area contributed by atoms with Crippen molar-refractivity contribution in [3.8, 4) is 0 Å². The van der Waals surface area contributed by atoms with Gasteiger partial charge in [-0.25, -0.2) is 0 Å². The Labute approximate surface area is 95.2 Å². The van der Waals surface area contributed by atoms with E-state index in [4.69, 9.17) is 4.74 Å². The third-order valence-corrected chi connectivity index (χ3v) is 4.89. The molecule has 3 atom stereocenters. The lowest BCUT2D eigenvalue weighted by molar-refractivity contribution is -0.163. The quantitative estimate of drug-likeness (QED) is 0.538. The maximum atomic E-state index is 11.6. The first kappa shape index (κ1) is 11.2. The van der Waals surface area contributed by atoms with Gasteiger partial charge in [-0.05, 0) is 50.9 Å². The van der Waals surface area contributed by atoms with Crippen molar-refractivity contribution < 1.29 is 9.53 Å². The molecule has 86 valence electrons. The number of carbonyl (C=O) groups is 1. The van der Waals surface area contributed by atoms with E-state index >= 15 is 0 Å². The minimum Gasteiger partial charge on any atom is -0.459 e. The van der Waals surface area contributed by atoms with Crippen LogP contribution in [0.3, 0.4) is 0 Å². The molecule has 0 amide bonds. The van der Waals surface area contributed by atoms with Gasteiger partial charge in [0.05, 0.1) is 0 Å². The first-order valence-electron chi connectivity index (χ1n) is 6.36. The molecular weight excluding hydrogens is 204 g/mol. The van der Waals surface area contributed by atoms with Crippen LogP contribution in [0.25, 0.3) is 0 Å². The lowest BCUT2D eigenvalue weighted by Gasteiger charge is -2.33. The van der Waals surface area contributed by atoms with Gasteiger partial charge in [-0.2, -0.15) is 0 Å². The van der Waals surface area contributed by atoms with Crippen molar-refractivity contribution in [2.24, 2.45) is 11.8 Å². The average molecular weight is 226 g/mol. The Balaban J connectivity index is 1.86. The third kappa shape index (κ3) is 2.27. The molecule has 2 fully saturated rings. The number of rotatable bonds is 4. The van der Waals surface area contributed by atoms with Crippen LogP contribution < -0.4 is 0 Å². The van der Waals surface area contributed by atoms with Gasteiger partial charge in [-0.1, -0.05) is 6.04 Å². The molecule has 2 bridgehead atoms. The summed E-state index contributed by atoms with van der Waals surface area (Å²) >= 11 is 0. The normalized spacial score (nSPS) is 38.5. The van der Waals surface area contributed by atoms with E-state index in [1.54, 1.807) is 0 Å². The van der Waals surface area contributed by atoms with E-state index in [9.17, 15) is 4.79 Å². The topological polar surface area (TPSA) is 26.3 Å². The Hall–Kier alpha value is -0.313. The van der Waals surface area contributed by atoms with E-state index in [-0.39, 0.29) is 11.6 Å². The predicted octanol–water partition coefficient (Wildman–Crippen LogP) is 1.67. The summed E-state index contributed by atoms with van der Waals surface area (Å²) in [5.41, 5.74) is -0.106. The summed E-state index contributed by atoms with van der Waals surface area (Å²) in [5.74, 6) is 1.54. The van der Waals surface area contributed by atoms with Gasteiger partial charge in [0.25, 0.3) is 0 Å². The minimum atomic E-state index is -0.106. The van der Waals surface area contributed by atoms with Crippen LogP contribution in [-0.2, 0) is 9.53 Å². The zero-order valence-corrected chi connectivity index (χ0v) is 11.9. The molecule has 2 aliphatic rings. The molecule has 0 aliphatic heterocycles. The van der Waals surface area contributed by atoms with Crippen LogP contribution in [0.1, 0.15) is 45.4 Å². The fourth-order valence-corrected chi connectivity index (χ4v) is 3.67. The molecule has 0 N–H and O–H groups in total. The lowest BCUT2D eigenvalue weighted by atomic mass is 9.86. The molecule has 2 saturated carbocycles. The SMILES string of the molecule is CC1(OC(=O)CCC[SiH3])CC2CCC1C2. The first-order chi connectivity index (χ1) is 7.14. The Bertz CT molecular complexity index is 254. The molecule has 2 nitrogen and oxygen atoms in total. The van der Waals surface area contributed by atoms with E-state index in [1.807, 2.05) is 0 Å². The molecule has 0 aromatic heterocycles. The molecular formula is C12H22O2Si.